The molecule has 1 amide bonds. The Balaban J connectivity index is 1.53. The molecule has 0 fully saturated rings. The molecule has 1 N–H and O–H groups in total. The summed E-state index contributed by atoms with van der Waals surface area (Å²) in [6.07, 6.45) is 6.60. The molecule has 2 aromatic heterocycles. The van der Waals surface area contributed by atoms with Crippen molar-refractivity contribution < 1.29 is 13.2 Å². The van der Waals surface area contributed by atoms with Crippen molar-refractivity contribution >= 4 is 33.2 Å². The molecule has 0 unspecified atom stereocenters. The van der Waals surface area contributed by atoms with Crippen LogP contribution in [0.15, 0.2) is 77.0 Å². The van der Waals surface area contributed by atoms with Gasteiger partial charge >= 0.3 is 0 Å². The maximum Gasteiger partial charge on any atom is 0.258 e. The predicted octanol–water partition coefficient (Wildman–Crippen LogP) is 2.75. The van der Waals surface area contributed by atoms with E-state index in [9.17, 15) is 13.2 Å². The fraction of sp³-hybridized carbons (Fsp3) is 0.136. The second kappa shape index (κ2) is 7.21. The van der Waals surface area contributed by atoms with Crippen LogP contribution >= 0.6 is 0 Å². The van der Waals surface area contributed by atoms with Crippen LogP contribution in [0.5, 0.6) is 0 Å². The summed E-state index contributed by atoms with van der Waals surface area (Å²) in [4.78, 5) is 19.6. The second-order valence-corrected chi connectivity index (χ2v) is 9.12. The molecule has 2 aliphatic rings. The zero-order valence-corrected chi connectivity index (χ0v) is 17.5. The van der Waals surface area contributed by atoms with Gasteiger partial charge in [0.25, 0.3) is 15.9 Å². The molecule has 8 nitrogen and oxygen atoms in total. The minimum absolute atomic E-state index is 0.0829. The van der Waals surface area contributed by atoms with E-state index in [4.69, 9.17) is 4.98 Å². The number of aryl methyl sites for hydroxylation is 1. The van der Waals surface area contributed by atoms with Crippen molar-refractivity contribution in [3.63, 3.8) is 0 Å². The predicted molar refractivity (Wildman–Crippen MR) is 119 cm³/mol. The van der Waals surface area contributed by atoms with Crippen molar-refractivity contribution in [3.8, 4) is 11.3 Å². The van der Waals surface area contributed by atoms with Crippen LogP contribution in [0.25, 0.3) is 16.9 Å². The number of benzene rings is 1. The molecule has 9 heteroatoms. The average Bonchev–Trinajstić information content (AvgIpc) is 3.13. The topological polar surface area (TPSA) is 96.1 Å². The molecule has 5 rings (SSSR count). The van der Waals surface area contributed by atoms with Gasteiger partial charge in [-0.1, -0.05) is 36.4 Å². The number of pyridine rings is 1. The highest BCUT2D eigenvalue weighted by Crippen LogP contribution is 2.30. The van der Waals surface area contributed by atoms with E-state index in [1.807, 2.05) is 60.0 Å². The third-order valence-electron chi connectivity index (χ3n) is 5.21. The van der Waals surface area contributed by atoms with Crippen LogP contribution < -0.4 is 5.32 Å². The Morgan fingerprint density at radius 2 is 1.90 bits per heavy atom. The quantitative estimate of drug-likeness (QED) is 0.685. The van der Waals surface area contributed by atoms with Gasteiger partial charge in [-0.25, -0.2) is 13.4 Å². The van der Waals surface area contributed by atoms with Crippen LogP contribution in [0, 0.1) is 6.92 Å². The molecular weight excluding hydrogens is 414 g/mol. The molecule has 0 radical (unpaired) electrons. The Morgan fingerprint density at radius 1 is 1.10 bits per heavy atom. The van der Waals surface area contributed by atoms with Crippen molar-refractivity contribution in [2.24, 2.45) is 4.40 Å². The zero-order valence-electron chi connectivity index (χ0n) is 16.7. The molecule has 0 atom stereocenters. The first-order chi connectivity index (χ1) is 14.9. The van der Waals surface area contributed by atoms with Crippen molar-refractivity contribution in [1.82, 2.24) is 14.3 Å². The smallest absolute Gasteiger partial charge is 0.258 e. The molecular formula is C22H19N5O3S. The largest absolute Gasteiger partial charge is 0.330 e. The van der Waals surface area contributed by atoms with E-state index >= 15 is 0 Å². The van der Waals surface area contributed by atoms with Crippen LogP contribution in [0.3, 0.4) is 0 Å². The highest BCUT2D eigenvalue weighted by atomic mass is 32.2. The first-order valence-electron chi connectivity index (χ1n) is 9.75. The summed E-state index contributed by atoms with van der Waals surface area (Å²) in [6, 6.07) is 13.6. The van der Waals surface area contributed by atoms with Gasteiger partial charge in [-0.2, -0.15) is 0 Å². The Morgan fingerprint density at radius 3 is 2.71 bits per heavy atom. The Labute approximate surface area is 179 Å². The van der Waals surface area contributed by atoms with E-state index in [2.05, 4.69) is 9.71 Å². The number of anilines is 1. The normalized spacial score (nSPS) is 17.1. The summed E-state index contributed by atoms with van der Waals surface area (Å²) in [6.45, 7) is 2.23. The lowest BCUT2D eigenvalue weighted by Crippen LogP contribution is -2.37. The maximum absolute atomic E-state index is 13.1. The second-order valence-electron chi connectivity index (χ2n) is 7.36. The average molecular weight is 433 g/mol. The van der Waals surface area contributed by atoms with Crippen molar-refractivity contribution in [1.29, 1.82) is 0 Å². The fourth-order valence-electron chi connectivity index (χ4n) is 3.64. The minimum atomic E-state index is -3.44. The van der Waals surface area contributed by atoms with Gasteiger partial charge in [0, 0.05) is 24.5 Å². The van der Waals surface area contributed by atoms with E-state index in [1.165, 1.54) is 0 Å². The lowest BCUT2D eigenvalue weighted by molar-refractivity contribution is -0.112. The van der Waals surface area contributed by atoms with Gasteiger partial charge in [-0.15, -0.1) is 4.40 Å². The van der Waals surface area contributed by atoms with Crippen LogP contribution in [0.4, 0.5) is 5.82 Å². The first-order valence-corrected chi connectivity index (χ1v) is 11.4. The van der Waals surface area contributed by atoms with E-state index < -0.39 is 10.0 Å². The van der Waals surface area contributed by atoms with E-state index in [1.54, 1.807) is 23.3 Å². The van der Waals surface area contributed by atoms with Gasteiger partial charge in [0.15, 0.2) is 0 Å². The number of imidazole rings is 1. The number of fused-ring (bicyclic) bond motifs is 2. The molecule has 3 aromatic rings. The lowest BCUT2D eigenvalue weighted by atomic mass is 10.1. The fourth-order valence-corrected chi connectivity index (χ4v) is 4.61. The van der Waals surface area contributed by atoms with E-state index in [-0.39, 0.29) is 18.2 Å². The van der Waals surface area contributed by atoms with E-state index in [0.717, 1.165) is 16.8 Å². The highest BCUT2D eigenvalue weighted by Gasteiger charge is 2.26. The van der Waals surface area contributed by atoms with Crippen molar-refractivity contribution in [2.75, 3.05) is 17.6 Å². The Bertz CT molecular complexity index is 1400. The van der Waals surface area contributed by atoms with Gasteiger partial charge in [0.2, 0.25) is 0 Å². The number of sulfonamides is 1. The molecule has 0 spiro atoms. The maximum atomic E-state index is 13.1. The Kier molecular flexibility index (Phi) is 4.48. The van der Waals surface area contributed by atoms with Crippen LogP contribution in [-0.4, -0.2) is 46.7 Å². The summed E-state index contributed by atoms with van der Waals surface area (Å²) in [5, 5.41) is 3.00. The van der Waals surface area contributed by atoms with E-state index in [0.29, 0.717) is 22.9 Å². The Hall–Kier alpha value is -3.72. The van der Waals surface area contributed by atoms with Crippen LogP contribution in [0.2, 0.25) is 0 Å². The number of rotatable bonds is 3. The van der Waals surface area contributed by atoms with Gasteiger partial charge in [0.1, 0.15) is 23.0 Å². The first kappa shape index (κ1) is 19.3. The molecule has 0 aliphatic carbocycles. The molecule has 4 heterocycles. The molecule has 0 bridgehead atoms. The number of hydrogen-bond donors (Lipinski definition) is 1. The molecule has 2 aliphatic heterocycles. The summed E-state index contributed by atoms with van der Waals surface area (Å²) in [5.74, 6) is 0.493. The summed E-state index contributed by atoms with van der Waals surface area (Å²) >= 11 is 0. The van der Waals surface area contributed by atoms with Gasteiger partial charge < -0.3 is 10.2 Å². The van der Waals surface area contributed by atoms with Crippen molar-refractivity contribution in [3.05, 3.63) is 78.1 Å². The highest BCUT2D eigenvalue weighted by molar-refractivity contribution is 7.90. The molecule has 1 aromatic carbocycles. The summed E-state index contributed by atoms with van der Waals surface area (Å²) in [5.41, 5.74) is 3.73. The molecule has 156 valence electrons. The summed E-state index contributed by atoms with van der Waals surface area (Å²) in [7, 11) is -3.44. The third kappa shape index (κ3) is 3.53. The molecule has 0 saturated carbocycles. The number of aromatic nitrogens is 2. The molecule has 31 heavy (non-hydrogen) atoms. The van der Waals surface area contributed by atoms with Gasteiger partial charge in [-0.05, 0) is 30.7 Å². The van der Waals surface area contributed by atoms with Gasteiger partial charge in [0.05, 0.1) is 11.3 Å². The number of nitrogens with zero attached hydrogens (tertiary/aromatic N) is 4. The SMILES string of the molecule is Cc1cccn2c(NC(=O)C3=CN4CCS(=O)(=O)N=C4C=C3)c(-c3ccccc3)nc12. The third-order valence-corrected chi connectivity index (χ3v) is 6.37. The van der Waals surface area contributed by atoms with Crippen LogP contribution in [-0.2, 0) is 14.8 Å². The minimum Gasteiger partial charge on any atom is -0.330 e. The number of nitrogens with one attached hydrogen (secondary N) is 1. The number of carbonyl (C=O) groups is 1. The summed E-state index contributed by atoms with van der Waals surface area (Å²) < 4.78 is 29.0. The number of amidine groups is 1. The van der Waals surface area contributed by atoms with Crippen LogP contribution in [0.1, 0.15) is 5.56 Å². The number of carbonyl (C=O) groups excluding carboxylic acids is 1. The number of hydrogen-bond acceptors (Lipinski definition) is 5. The molecule has 0 saturated heterocycles. The lowest BCUT2D eigenvalue weighted by Gasteiger charge is -2.26. The van der Waals surface area contributed by atoms with Crippen molar-refractivity contribution in [2.45, 2.75) is 6.92 Å². The standard InChI is InChI=1S/C22H19N5O3S/c1-15-6-5-11-27-20(15)23-19(16-7-3-2-4-8-16)21(27)24-22(28)17-9-10-18-25-31(29,30)13-12-26(18)14-17/h2-11,14H,12-13H2,1H3,(H,24,28). The van der Waals surface area contributed by atoms with Gasteiger partial charge in [-0.3, -0.25) is 9.20 Å². The zero-order chi connectivity index (χ0) is 21.6. The monoisotopic (exact) mass is 433 g/mol. The number of amides is 1.